The summed E-state index contributed by atoms with van der Waals surface area (Å²) in [7, 11) is 1.55. The Morgan fingerprint density at radius 1 is 1.24 bits per heavy atom. The van der Waals surface area contributed by atoms with E-state index in [4.69, 9.17) is 19.9 Å². The Kier molecular flexibility index (Phi) is 8.92. The molecule has 0 spiro atoms. The highest BCUT2D eigenvalue weighted by Gasteiger charge is 2.34. The molecule has 9 heteroatoms. The maximum atomic E-state index is 13.8. The summed E-state index contributed by atoms with van der Waals surface area (Å²) in [4.78, 5) is 26.5. The third-order valence-corrected chi connectivity index (χ3v) is 7.07. The number of pyridine rings is 1. The van der Waals surface area contributed by atoms with Crippen molar-refractivity contribution in [3.05, 3.63) is 93.8 Å². The molecule has 2 heterocycles. The highest BCUT2D eigenvalue weighted by atomic mass is 19.1. The normalized spacial score (nSPS) is 14.5. The van der Waals surface area contributed by atoms with Gasteiger partial charge < -0.3 is 29.6 Å². The Morgan fingerprint density at radius 2 is 1.98 bits per heavy atom. The van der Waals surface area contributed by atoms with Gasteiger partial charge in [0.1, 0.15) is 23.9 Å². The zero-order chi connectivity index (χ0) is 30.8. The van der Waals surface area contributed by atoms with E-state index in [-0.39, 0.29) is 12.3 Å². The van der Waals surface area contributed by atoms with Gasteiger partial charge in [-0.2, -0.15) is 0 Å². The Labute approximate surface area is 244 Å². The van der Waals surface area contributed by atoms with Gasteiger partial charge in [0.2, 0.25) is 0 Å². The van der Waals surface area contributed by atoms with E-state index in [1.807, 2.05) is 19.1 Å². The average molecular weight is 577 g/mol. The molecule has 2 aromatic carbocycles. The third-order valence-electron chi connectivity index (χ3n) is 7.07. The van der Waals surface area contributed by atoms with E-state index in [2.05, 4.69) is 6.58 Å². The number of nitrogens with two attached hydrogens (primary N) is 1. The molecule has 1 aliphatic rings. The maximum absolute atomic E-state index is 13.8. The number of ether oxygens (including phenoxy) is 3. The summed E-state index contributed by atoms with van der Waals surface area (Å²) in [6.07, 6.45) is 3.76. The number of halogens is 1. The smallest absolute Gasteiger partial charge is 0.339 e. The number of carbonyl (C=O) groups is 1. The molecule has 0 saturated carbocycles. The standard InChI is InChI=1S/C33H37FN2O6/c1-19(9-10-21(34)17-35)18-41-22-11-12-25-26(16-22)31(37)36(6)29(30(32(38)39)42-33(3,4)5)28(25)24-13-14-27-23(20(24)2)8-7-15-40-27/h9-14,16-17,30H,1,7-8,15,18,35H2,2-6H3,(H,38,39)/b10-9-,21-17+. The van der Waals surface area contributed by atoms with Crippen LogP contribution >= 0.6 is 0 Å². The second-order valence-electron chi connectivity index (χ2n) is 11.3. The summed E-state index contributed by atoms with van der Waals surface area (Å²) in [5, 5.41) is 11.3. The quantitative estimate of drug-likeness (QED) is 0.299. The van der Waals surface area contributed by atoms with Crippen LogP contribution in [-0.2, 0) is 23.0 Å². The topological polar surface area (TPSA) is 113 Å². The predicted octanol–water partition coefficient (Wildman–Crippen LogP) is 6.04. The number of hydrogen-bond donors (Lipinski definition) is 2. The highest BCUT2D eigenvalue weighted by Crippen LogP contribution is 2.42. The monoisotopic (exact) mass is 576 g/mol. The van der Waals surface area contributed by atoms with Crippen LogP contribution in [0.5, 0.6) is 11.5 Å². The number of rotatable bonds is 9. The molecule has 42 heavy (non-hydrogen) atoms. The fourth-order valence-electron chi connectivity index (χ4n) is 5.13. The molecule has 1 aliphatic heterocycles. The Morgan fingerprint density at radius 3 is 2.64 bits per heavy atom. The molecule has 0 bridgehead atoms. The molecule has 3 aromatic rings. The molecule has 3 N–H and O–H groups in total. The number of carboxylic acids is 1. The second-order valence-corrected chi connectivity index (χ2v) is 11.3. The van der Waals surface area contributed by atoms with Crippen molar-refractivity contribution in [2.45, 2.75) is 52.2 Å². The first-order valence-corrected chi connectivity index (χ1v) is 13.7. The van der Waals surface area contributed by atoms with Crippen molar-refractivity contribution < 1.29 is 28.5 Å². The summed E-state index contributed by atoms with van der Waals surface area (Å²) in [5.41, 5.74) is 8.09. The van der Waals surface area contributed by atoms with E-state index >= 15 is 0 Å². The number of aliphatic carboxylic acids is 1. The van der Waals surface area contributed by atoms with E-state index < -0.39 is 29.1 Å². The van der Waals surface area contributed by atoms with Crippen LogP contribution in [0.3, 0.4) is 0 Å². The minimum Gasteiger partial charge on any atom is -0.493 e. The van der Waals surface area contributed by atoms with Crippen LogP contribution in [0.1, 0.15) is 50.1 Å². The number of carboxylic acid groups (broad SMARTS) is 1. The SMILES string of the molecule is C=C(/C=C\C(F)=C/N)COc1ccc2c(-c3ccc4c(c3C)CCCO4)c(C(OC(C)(C)C)C(=O)O)n(C)c(=O)c2c1. The van der Waals surface area contributed by atoms with E-state index in [9.17, 15) is 19.1 Å². The molecular formula is C33H37FN2O6. The van der Waals surface area contributed by atoms with Gasteiger partial charge in [-0.05, 0) is 98.5 Å². The lowest BCUT2D eigenvalue weighted by Gasteiger charge is -2.29. The van der Waals surface area contributed by atoms with Crippen LogP contribution in [0.25, 0.3) is 21.9 Å². The van der Waals surface area contributed by atoms with Gasteiger partial charge in [0.25, 0.3) is 5.56 Å². The highest BCUT2D eigenvalue weighted by molar-refractivity contribution is 6.00. The largest absolute Gasteiger partial charge is 0.493 e. The first-order valence-electron chi connectivity index (χ1n) is 13.7. The van der Waals surface area contributed by atoms with Gasteiger partial charge in [0.15, 0.2) is 6.10 Å². The summed E-state index contributed by atoms with van der Waals surface area (Å²) in [5.74, 6) is -0.593. The van der Waals surface area contributed by atoms with Crippen LogP contribution in [-0.4, -0.2) is 34.5 Å². The number of allylic oxidation sites excluding steroid dienone is 2. The van der Waals surface area contributed by atoms with Crippen LogP contribution in [0.2, 0.25) is 0 Å². The predicted molar refractivity (Wildman–Crippen MR) is 162 cm³/mol. The minimum absolute atomic E-state index is 0.0511. The summed E-state index contributed by atoms with van der Waals surface area (Å²) in [6.45, 7) is 11.9. The zero-order valence-corrected chi connectivity index (χ0v) is 24.6. The van der Waals surface area contributed by atoms with Crippen molar-refractivity contribution in [2.75, 3.05) is 13.2 Å². The Balaban J connectivity index is 1.93. The number of fused-ring (bicyclic) bond motifs is 2. The van der Waals surface area contributed by atoms with Gasteiger partial charge in [-0.25, -0.2) is 9.18 Å². The Hall–Kier alpha value is -4.37. The minimum atomic E-state index is -1.41. The van der Waals surface area contributed by atoms with Gasteiger partial charge in [-0.1, -0.05) is 18.7 Å². The van der Waals surface area contributed by atoms with Gasteiger partial charge in [0, 0.05) is 18.8 Å². The van der Waals surface area contributed by atoms with Crippen molar-refractivity contribution in [3.63, 3.8) is 0 Å². The molecule has 222 valence electrons. The van der Waals surface area contributed by atoms with E-state index in [1.165, 1.54) is 16.7 Å². The van der Waals surface area contributed by atoms with Crippen molar-refractivity contribution in [1.29, 1.82) is 0 Å². The molecular weight excluding hydrogens is 539 g/mol. The van der Waals surface area contributed by atoms with E-state index in [1.54, 1.807) is 46.0 Å². The average Bonchev–Trinajstić information content (AvgIpc) is 2.95. The second kappa shape index (κ2) is 12.2. The number of hydrogen-bond acceptors (Lipinski definition) is 6. The van der Waals surface area contributed by atoms with Gasteiger partial charge in [0.05, 0.1) is 23.3 Å². The van der Waals surface area contributed by atoms with Crippen LogP contribution in [0, 0.1) is 6.92 Å². The van der Waals surface area contributed by atoms with Crippen molar-refractivity contribution in [2.24, 2.45) is 12.8 Å². The van der Waals surface area contributed by atoms with Crippen molar-refractivity contribution in [3.8, 4) is 22.6 Å². The molecule has 4 rings (SSSR count). The van der Waals surface area contributed by atoms with Crippen LogP contribution < -0.4 is 20.8 Å². The first-order chi connectivity index (χ1) is 19.8. The zero-order valence-electron chi connectivity index (χ0n) is 24.6. The molecule has 1 atom stereocenters. The molecule has 0 radical (unpaired) electrons. The first kappa shape index (κ1) is 30.6. The molecule has 0 amide bonds. The lowest BCUT2D eigenvalue weighted by atomic mass is 9.88. The number of aromatic nitrogens is 1. The van der Waals surface area contributed by atoms with Crippen LogP contribution in [0.15, 0.2) is 71.5 Å². The fourth-order valence-corrected chi connectivity index (χ4v) is 5.13. The third kappa shape index (κ3) is 6.41. The molecule has 8 nitrogen and oxygen atoms in total. The van der Waals surface area contributed by atoms with Gasteiger partial charge in [-0.3, -0.25) is 4.79 Å². The number of nitrogens with zero attached hydrogens (tertiary/aromatic N) is 1. The fraction of sp³-hybridized carbons (Fsp3) is 0.333. The van der Waals surface area contributed by atoms with E-state index in [0.29, 0.717) is 34.3 Å². The van der Waals surface area contributed by atoms with Gasteiger partial charge >= 0.3 is 5.97 Å². The molecule has 1 unspecified atom stereocenters. The Bertz CT molecular complexity index is 1660. The van der Waals surface area contributed by atoms with Crippen molar-refractivity contribution in [1.82, 2.24) is 4.57 Å². The summed E-state index contributed by atoms with van der Waals surface area (Å²) in [6, 6.07) is 8.90. The molecule has 0 aliphatic carbocycles. The lowest BCUT2D eigenvalue weighted by molar-refractivity contribution is -0.161. The lowest BCUT2D eigenvalue weighted by Crippen LogP contribution is -2.33. The summed E-state index contributed by atoms with van der Waals surface area (Å²) >= 11 is 0. The molecule has 0 saturated heterocycles. The van der Waals surface area contributed by atoms with Crippen molar-refractivity contribution >= 4 is 16.7 Å². The van der Waals surface area contributed by atoms with E-state index in [0.717, 1.165) is 41.5 Å². The number of benzene rings is 2. The summed E-state index contributed by atoms with van der Waals surface area (Å²) < 4.78 is 32.5. The maximum Gasteiger partial charge on any atom is 0.339 e. The van der Waals surface area contributed by atoms with Gasteiger partial charge in [-0.15, -0.1) is 0 Å². The molecule has 1 aromatic heterocycles. The molecule has 0 fully saturated rings. The van der Waals surface area contributed by atoms with Crippen LogP contribution in [0.4, 0.5) is 4.39 Å².